The third kappa shape index (κ3) is 3.78. The lowest BCUT2D eigenvalue weighted by atomic mass is 10.0. The van der Waals surface area contributed by atoms with Crippen molar-refractivity contribution < 1.29 is 5.11 Å². The van der Waals surface area contributed by atoms with E-state index < -0.39 is 0 Å². The van der Waals surface area contributed by atoms with E-state index in [0.29, 0.717) is 0 Å². The molecule has 0 aliphatic carbocycles. The Bertz CT molecular complexity index is 411. The second-order valence-corrected chi connectivity index (χ2v) is 5.59. The highest BCUT2D eigenvalue weighted by molar-refractivity contribution is 5.31. The summed E-state index contributed by atoms with van der Waals surface area (Å²) in [7, 11) is 0. The number of piperazine rings is 1. The lowest BCUT2D eigenvalue weighted by Gasteiger charge is -2.35. The van der Waals surface area contributed by atoms with Gasteiger partial charge in [0.15, 0.2) is 0 Å². The lowest BCUT2D eigenvalue weighted by molar-refractivity contribution is 0.0744. The zero-order valence-corrected chi connectivity index (χ0v) is 12.4. The zero-order valence-electron chi connectivity index (χ0n) is 12.4. The summed E-state index contributed by atoms with van der Waals surface area (Å²) in [6.07, 6.45) is -0.368. The van der Waals surface area contributed by atoms with Gasteiger partial charge < -0.3 is 10.0 Å². The average molecular weight is 262 g/mol. The van der Waals surface area contributed by atoms with E-state index in [2.05, 4.69) is 48.8 Å². The van der Waals surface area contributed by atoms with E-state index in [1.54, 1.807) is 0 Å². The molecule has 1 saturated heterocycles. The van der Waals surface area contributed by atoms with E-state index in [1.807, 2.05) is 0 Å². The quantitative estimate of drug-likeness (QED) is 0.899. The molecule has 3 heteroatoms. The minimum atomic E-state index is -0.368. The van der Waals surface area contributed by atoms with Gasteiger partial charge in [-0.05, 0) is 37.1 Å². The maximum Gasteiger partial charge on any atom is 0.0917 e. The maximum atomic E-state index is 10.4. The third-order valence-electron chi connectivity index (χ3n) is 4.26. The smallest absolute Gasteiger partial charge is 0.0917 e. The van der Waals surface area contributed by atoms with Gasteiger partial charge in [0, 0.05) is 32.7 Å². The molecule has 0 radical (unpaired) electrons. The molecule has 1 unspecified atom stereocenters. The van der Waals surface area contributed by atoms with Gasteiger partial charge in [-0.2, -0.15) is 0 Å². The summed E-state index contributed by atoms with van der Waals surface area (Å²) in [4.78, 5) is 4.82. The number of hydrogen-bond acceptors (Lipinski definition) is 3. The molecule has 1 aromatic rings. The van der Waals surface area contributed by atoms with Gasteiger partial charge in [0.05, 0.1) is 6.10 Å². The van der Waals surface area contributed by atoms with Crippen molar-refractivity contribution in [3.63, 3.8) is 0 Å². The Morgan fingerprint density at radius 3 is 2.26 bits per heavy atom. The van der Waals surface area contributed by atoms with Gasteiger partial charge in [0.25, 0.3) is 0 Å². The Morgan fingerprint density at radius 2 is 1.68 bits per heavy atom. The molecule has 1 atom stereocenters. The number of aryl methyl sites for hydroxylation is 2. The number of likely N-dealkylation sites (N-methyl/N-ethyl adjacent to an activating group) is 1. The van der Waals surface area contributed by atoms with Gasteiger partial charge in [-0.15, -0.1) is 0 Å². The fourth-order valence-electron chi connectivity index (χ4n) is 2.61. The molecule has 1 aromatic carbocycles. The molecule has 1 N–H and O–H groups in total. The Labute approximate surface area is 116 Å². The van der Waals surface area contributed by atoms with Crippen molar-refractivity contribution in [2.45, 2.75) is 26.9 Å². The Morgan fingerprint density at radius 1 is 1.05 bits per heavy atom. The average Bonchev–Trinajstić information content (AvgIpc) is 2.42. The molecule has 2 rings (SSSR count). The van der Waals surface area contributed by atoms with E-state index in [1.165, 1.54) is 11.1 Å². The highest BCUT2D eigenvalue weighted by Gasteiger charge is 2.19. The number of aliphatic hydroxyl groups is 1. The van der Waals surface area contributed by atoms with Crippen molar-refractivity contribution in [1.29, 1.82) is 0 Å². The molecule has 3 nitrogen and oxygen atoms in total. The van der Waals surface area contributed by atoms with Crippen LogP contribution in [0.25, 0.3) is 0 Å². The highest BCUT2D eigenvalue weighted by atomic mass is 16.3. The van der Waals surface area contributed by atoms with Crippen LogP contribution in [0.3, 0.4) is 0 Å². The van der Waals surface area contributed by atoms with Crippen LogP contribution in [0.1, 0.15) is 29.7 Å². The summed E-state index contributed by atoms with van der Waals surface area (Å²) in [5.41, 5.74) is 3.58. The summed E-state index contributed by atoms with van der Waals surface area (Å²) in [6.45, 7) is 12.7. The molecule has 0 spiro atoms. The minimum Gasteiger partial charge on any atom is -0.387 e. The van der Waals surface area contributed by atoms with Gasteiger partial charge >= 0.3 is 0 Å². The Hall–Kier alpha value is -0.900. The molecule has 1 aliphatic rings. The van der Waals surface area contributed by atoms with Crippen molar-refractivity contribution >= 4 is 0 Å². The standard InChI is InChI=1S/C16H26N2O/c1-4-17-7-9-18(10-8-17)12-16(19)15-6-5-13(2)14(3)11-15/h5-6,11,16,19H,4,7-10,12H2,1-3H3. The molecule has 0 bridgehead atoms. The van der Waals surface area contributed by atoms with Crippen LogP contribution in [0.5, 0.6) is 0 Å². The molecule has 1 heterocycles. The van der Waals surface area contributed by atoms with Crippen molar-refractivity contribution in [1.82, 2.24) is 9.80 Å². The summed E-state index contributed by atoms with van der Waals surface area (Å²) < 4.78 is 0. The van der Waals surface area contributed by atoms with Gasteiger partial charge in [0.1, 0.15) is 0 Å². The van der Waals surface area contributed by atoms with Gasteiger partial charge in [-0.3, -0.25) is 4.90 Å². The minimum absolute atomic E-state index is 0.368. The van der Waals surface area contributed by atoms with Crippen LogP contribution in [0.2, 0.25) is 0 Å². The fraction of sp³-hybridized carbons (Fsp3) is 0.625. The number of nitrogens with zero attached hydrogens (tertiary/aromatic N) is 2. The predicted octanol–water partition coefficient (Wildman–Crippen LogP) is 1.97. The van der Waals surface area contributed by atoms with Crippen LogP contribution >= 0.6 is 0 Å². The molecular weight excluding hydrogens is 236 g/mol. The third-order valence-corrected chi connectivity index (χ3v) is 4.26. The summed E-state index contributed by atoms with van der Waals surface area (Å²) in [5.74, 6) is 0. The lowest BCUT2D eigenvalue weighted by Crippen LogP contribution is -2.47. The number of β-amino-alcohol motifs (C(OH)–C–C–N with tert-alkyl or cyclic N) is 1. The molecule has 0 aromatic heterocycles. The van der Waals surface area contributed by atoms with E-state index in [-0.39, 0.29) is 6.10 Å². The first-order valence-corrected chi connectivity index (χ1v) is 7.30. The monoisotopic (exact) mass is 262 g/mol. The van der Waals surface area contributed by atoms with Crippen molar-refractivity contribution in [3.05, 3.63) is 34.9 Å². The van der Waals surface area contributed by atoms with E-state index >= 15 is 0 Å². The van der Waals surface area contributed by atoms with Crippen LogP contribution in [0.4, 0.5) is 0 Å². The maximum absolute atomic E-state index is 10.4. The molecule has 0 amide bonds. The summed E-state index contributed by atoms with van der Waals surface area (Å²) in [6, 6.07) is 6.26. The van der Waals surface area contributed by atoms with Crippen molar-refractivity contribution in [2.75, 3.05) is 39.3 Å². The normalized spacial score (nSPS) is 19.6. The van der Waals surface area contributed by atoms with Crippen LogP contribution in [0.15, 0.2) is 18.2 Å². The molecule has 1 aliphatic heterocycles. The topological polar surface area (TPSA) is 26.7 Å². The van der Waals surface area contributed by atoms with Crippen molar-refractivity contribution in [2.24, 2.45) is 0 Å². The molecule has 1 fully saturated rings. The van der Waals surface area contributed by atoms with Crippen LogP contribution in [-0.2, 0) is 0 Å². The van der Waals surface area contributed by atoms with E-state index in [9.17, 15) is 5.11 Å². The molecule has 0 saturated carbocycles. The Kier molecular flexibility index (Phi) is 4.97. The van der Waals surface area contributed by atoms with Crippen LogP contribution in [0, 0.1) is 13.8 Å². The molecule has 19 heavy (non-hydrogen) atoms. The first-order valence-electron chi connectivity index (χ1n) is 7.30. The van der Waals surface area contributed by atoms with Crippen LogP contribution in [-0.4, -0.2) is 54.2 Å². The molecular formula is C16H26N2O. The number of benzene rings is 1. The van der Waals surface area contributed by atoms with E-state index in [0.717, 1.165) is 44.8 Å². The second kappa shape index (κ2) is 6.51. The SMILES string of the molecule is CCN1CCN(CC(O)c2ccc(C)c(C)c2)CC1. The highest BCUT2D eigenvalue weighted by Crippen LogP contribution is 2.18. The number of rotatable bonds is 4. The zero-order chi connectivity index (χ0) is 13.8. The largest absolute Gasteiger partial charge is 0.387 e. The summed E-state index contributed by atoms with van der Waals surface area (Å²) >= 11 is 0. The van der Waals surface area contributed by atoms with Crippen molar-refractivity contribution in [3.8, 4) is 0 Å². The van der Waals surface area contributed by atoms with Gasteiger partial charge in [-0.1, -0.05) is 25.1 Å². The van der Waals surface area contributed by atoms with E-state index in [4.69, 9.17) is 0 Å². The van der Waals surface area contributed by atoms with Gasteiger partial charge in [-0.25, -0.2) is 0 Å². The fourth-order valence-corrected chi connectivity index (χ4v) is 2.61. The number of hydrogen-bond donors (Lipinski definition) is 1. The predicted molar refractivity (Wildman–Crippen MR) is 79.4 cm³/mol. The van der Waals surface area contributed by atoms with Crippen LogP contribution < -0.4 is 0 Å². The summed E-state index contributed by atoms with van der Waals surface area (Å²) in [5, 5.41) is 10.4. The molecule has 106 valence electrons. The van der Waals surface area contributed by atoms with Gasteiger partial charge in [0.2, 0.25) is 0 Å². The Balaban J connectivity index is 1.90. The first-order chi connectivity index (χ1) is 9.10. The number of aliphatic hydroxyl groups excluding tert-OH is 1. The first kappa shape index (κ1) is 14.5. The second-order valence-electron chi connectivity index (χ2n) is 5.59.